The predicted octanol–water partition coefficient (Wildman–Crippen LogP) is 4.20. The maximum atomic E-state index is 11.3. The Hall–Kier alpha value is -1.58. The minimum atomic E-state index is -0.264. The Kier molecular flexibility index (Phi) is 7.04. The second-order valence-corrected chi connectivity index (χ2v) is 7.06. The lowest BCUT2D eigenvalue weighted by molar-refractivity contribution is -0.156. The molecule has 1 saturated carbocycles. The summed E-state index contributed by atoms with van der Waals surface area (Å²) in [6.07, 6.45) is 5.53. The molecular weight excluding hydrogens is 292 g/mol. The van der Waals surface area contributed by atoms with Gasteiger partial charge in [0.1, 0.15) is 12.7 Å². The van der Waals surface area contributed by atoms with Crippen LogP contribution in [0.15, 0.2) is 23.8 Å². The van der Waals surface area contributed by atoms with Crippen molar-refractivity contribution in [3.8, 4) is 0 Å². The van der Waals surface area contributed by atoms with Crippen LogP contribution in [-0.4, -0.2) is 24.6 Å². The van der Waals surface area contributed by atoms with Crippen molar-refractivity contribution in [3.63, 3.8) is 0 Å². The van der Waals surface area contributed by atoms with E-state index in [0.717, 1.165) is 25.7 Å². The van der Waals surface area contributed by atoms with E-state index in [1.165, 1.54) is 25.0 Å². The van der Waals surface area contributed by atoms with E-state index in [1.54, 1.807) is 0 Å². The molecule has 4 heteroatoms. The second kappa shape index (κ2) is 8.32. The maximum absolute atomic E-state index is 11.3. The van der Waals surface area contributed by atoms with Gasteiger partial charge in [0.25, 0.3) is 0 Å². The summed E-state index contributed by atoms with van der Waals surface area (Å²) in [5, 5.41) is 0. The third-order valence-electron chi connectivity index (χ3n) is 4.80. The van der Waals surface area contributed by atoms with E-state index in [9.17, 15) is 9.59 Å². The Morgan fingerprint density at radius 1 is 1.26 bits per heavy atom. The highest BCUT2D eigenvalue weighted by Crippen LogP contribution is 2.47. The molecule has 4 nitrogen and oxygen atoms in total. The summed E-state index contributed by atoms with van der Waals surface area (Å²) in [5.41, 5.74) is 2.33. The molecule has 0 radical (unpaired) electrons. The molecule has 1 aliphatic carbocycles. The number of ether oxygens (including phenoxy) is 2. The van der Waals surface area contributed by atoms with Gasteiger partial charge in [-0.3, -0.25) is 9.59 Å². The van der Waals surface area contributed by atoms with Crippen molar-refractivity contribution < 1.29 is 19.1 Å². The lowest BCUT2D eigenvalue weighted by Gasteiger charge is -2.45. The zero-order chi connectivity index (χ0) is 17.6. The first kappa shape index (κ1) is 19.5. The molecule has 130 valence electrons. The summed E-state index contributed by atoms with van der Waals surface area (Å²) in [4.78, 5) is 22.1. The molecule has 0 amide bonds. The fraction of sp³-hybridized carbons (Fsp3) is 0.684. The van der Waals surface area contributed by atoms with Crippen molar-refractivity contribution in [1.82, 2.24) is 0 Å². The van der Waals surface area contributed by atoms with Crippen molar-refractivity contribution in [2.24, 2.45) is 11.3 Å². The maximum Gasteiger partial charge on any atom is 0.302 e. The fourth-order valence-corrected chi connectivity index (χ4v) is 3.38. The Morgan fingerprint density at radius 3 is 2.48 bits per heavy atom. The van der Waals surface area contributed by atoms with Crippen LogP contribution in [0.3, 0.4) is 0 Å². The molecule has 0 aromatic carbocycles. The molecule has 0 aromatic rings. The van der Waals surface area contributed by atoms with Gasteiger partial charge in [0.05, 0.1) is 0 Å². The molecule has 1 fully saturated rings. The van der Waals surface area contributed by atoms with E-state index in [4.69, 9.17) is 9.47 Å². The highest BCUT2D eigenvalue weighted by atomic mass is 16.5. The predicted molar refractivity (Wildman–Crippen MR) is 90.8 cm³/mol. The zero-order valence-electron chi connectivity index (χ0n) is 15.1. The minimum Gasteiger partial charge on any atom is -0.462 e. The molecule has 0 heterocycles. The summed E-state index contributed by atoms with van der Waals surface area (Å²) >= 11 is 0. The monoisotopic (exact) mass is 322 g/mol. The molecule has 0 aromatic heterocycles. The van der Waals surface area contributed by atoms with Gasteiger partial charge in [0, 0.05) is 19.3 Å². The van der Waals surface area contributed by atoms with Gasteiger partial charge >= 0.3 is 11.9 Å². The number of rotatable bonds is 6. The van der Waals surface area contributed by atoms with Gasteiger partial charge in [-0.2, -0.15) is 0 Å². The van der Waals surface area contributed by atoms with E-state index >= 15 is 0 Å². The third kappa shape index (κ3) is 5.85. The van der Waals surface area contributed by atoms with Crippen molar-refractivity contribution in [1.29, 1.82) is 0 Å². The van der Waals surface area contributed by atoms with Crippen LogP contribution in [0.2, 0.25) is 0 Å². The molecule has 2 atom stereocenters. The molecule has 23 heavy (non-hydrogen) atoms. The number of hydrogen-bond donors (Lipinski definition) is 0. The smallest absolute Gasteiger partial charge is 0.302 e. The molecule has 1 aliphatic rings. The number of hydrogen-bond acceptors (Lipinski definition) is 4. The van der Waals surface area contributed by atoms with Crippen molar-refractivity contribution in [2.45, 2.75) is 66.4 Å². The van der Waals surface area contributed by atoms with Crippen LogP contribution in [-0.2, 0) is 19.1 Å². The van der Waals surface area contributed by atoms with Crippen LogP contribution in [0, 0.1) is 11.3 Å². The molecule has 0 N–H and O–H groups in total. The summed E-state index contributed by atoms with van der Waals surface area (Å²) in [7, 11) is 0. The lowest BCUT2D eigenvalue weighted by atomic mass is 9.63. The first-order valence-corrected chi connectivity index (χ1v) is 8.28. The first-order chi connectivity index (χ1) is 10.6. The van der Waals surface area contributed by atoms with Gasteiger partial charge in [-0.05, 0) is 44.6 Å². The fourth-order valence-electron chi connectivity index (χ4n) is 3.38. The average Bonchev–Trinajstić information content (AvgIpc) is 2.41. The van der Waals surface area contributed by atoms with Gasteiger partial charge in [0.15, 0.2) is 0 Å². The van der Waals surface area contributed by atoms with Gasteiger partial charge in [-0.15, -0.1) is 0 Å². The van der Waals surface area contributed by atoms with E-state index in [0.29, 0.717) is 12.5 Å². The lowest BCUT2D eigenvalue weighted by Crippen LogP contribution is -2.43. The van der Waals surface area contributed by atoms with Crippen LogP contribution in [0.4, 0.5) is 0 Å². The van der Waals surface area contributed by atoms with Crippen molar-refractivity contribution >= 4 is 11.9 Å². The molecular formula is C19H30O4. The Balaban J connectivity index is 2.66. The second-order valence-electron chi connectivity index (χ2n) is 7.06. The van der Waals surface area contributed by atoms with E-state index in [2.05, 4.69) is 20.4 Å². The van der Waals surface area contributed by atoms with Gasteiger partial charge in [-0.25, -0.2) is 0 Å². The number of carbonyl (C=O) groups is 2. The number of carbonyl (C=O) groups excluding carboxylic acids is 2. The highest BCUT2D eigenvalue weighted by Gasteiger charge is 2.43. The Labute approximate surface area is 139 Å². The third-order valence-corrected chi connectivity index (χ3v) is 4.80. The summed E-state index contributed by atoms with van der Waals surface area (Å²) in [6.45, 7) is 13.8. The molecule has 1 rings (SSSR count). The normalized spacial score (nSPS) is 24.2. The van der Waals surface area contributed by atoms with Crippen LogP contribution >= 0.6 is 0 Å². The molecule has 0 spiro atoms. The van der Waals surface area contributed by atoms with Crippen LogP contribution in [0.1, 0.15) is 60.3 Å². The zero-order valence-corrected chi connectivity index (χ0v) is 15.1. The molecule has 0 unspecified atom stereocenters. The average molecular weight is 322 g/mol. The SMILES string of the molecule is C=C1CC[C@H](OC(C)=O)C(C)(C)[C@@H]1CC/C(C)=C/COC(C)=O. The quantitative estimate of drug-likeness (QED) is 0.543. The largest absolute Gasteiger partial charge is 0.462 e. The van der Waals surface area contributed by atoms with E-state index < -0.39 is 0 Å². The number of esters is 2. The molecule has 0 bridgehead atoms. The summed E-state index contributed by atoms with van der Waals surface area (Å²) in [6, 6.07) is 0. The van der Waals surface area contributed by atoms with E-state index in [1.807, 2.05) is 13.0 Å². The standard InChI is InChI=1S/C19H30O4/c1-13(11-12-22-15(3)20)7-9-17-14(2)8-10-18(19(17,5)6)23-16(4)21/h11,17-18H,2,7-10,12H2,1,3-6H3/b13-11+/t17-,18+/m1/s1. The van der Waals surface area contributed by atoms with Gasteiger partial charge in [0.2, 0.25) is 0 Å². The Bertz CT molecular complexity index is 488. The van der Waals surface area contributed by atoms with Crippen molar-refractivity contribution in [2.75, 3.05) is 6.61 Å². The van der Waals surface area contributed by atoms with Crippen LogP contribution in [0.25, 0.3) is 0 Å². The first-order valence-electron chi connectivity index (χ1n) is 8.28. The molecule has 0 aliphatic heterocycles. The summed E-state index contributed by atoms with van der Waals surface area (Å²) in [5.74, 6) is -0.162. The van der Waals surface area contributed by atoms with Crippen molar-refractivity contribution in [3.05, 3.63) is 23.8 Å². The highest BCUT2D eigenvalue weighted by molar-refractivity contribution is 5.66. The van der Waals surface area contributed by atoms with Gasteiger partial charge in [-0.1, -0.05) is 31.6 Å². The summed E-state index contributed by atoms with van der Waals surface area (Å²) < 4.78 is 10.5. The van der Waals surface area contributed by atoms with Crippen LogP contribution < -0.4 is 0 Å². The minimum absolute atomic E-state index is 0.0548. The topological polar surface area (TPSA) is 52.6 Å². The Morgan fingerprint density at radius 2 is 1.91 bits per heavy atom. The van der Waals surface area contributed by atoms with E-state index in [-0.39, 0.29) is 23.5 Å². The molecule has 0 saturated heterocycles. The van der Waals surface area contributed by atoms with Gasteiger partial charge < -0.3 is 9.47 Å². The number of allylic oxidation sites excluding steroid dienone is 2. The van der Waals surface area contributed by atoms with Crippen LogP contribution in [0.5, 0.6) is 0 Å².